The molecule has 0 aromatic rings. The quantitative estimate of drug-likeness (QED) is 0.563. The zero-order valence-corrected chi connectivity index (χ0v) is 15.1. The third-order valence-electron chi connectivity index (χ3n) is 8.61. The largest absolute Gasteiger partial charge is 0.458 e. The van der Waals surface area contributed by atoms with E-state index in [0.29, 0.717) is 25.0 Å². The van der Waals surface area contributed by atoms with Crippen molar-refractivity contribution in [3.05, 3.63) is 11.6 Å². The average molecular weight is 362 g/mol. The first-order chi connectivity index (χ1) is 12.5. The molecule has 2 saturated carbocycles. The summed E-state index contributed by atoms with van der Waals surface area (Å²) >= 11 is 0. The minimum Gasteiger partial charge on any atom is -0.458 e. The van der Waals surface area contributed by atoms with E-state index in [0.717, 1.165) is 44.3 Å². The molecule has 142 valence electrons. The van der Waals surface area contributed by atoms with Crippen molar-refractivity contribution in [1.29, 1.82) is 0 Å². The summed E-state index contributed by atoms with van der Waals surface area (Å²) in [5.41, 5.74) is 0.313. The van der Waals surface area contributed by atoms with Crippen LogP contribution in [0.4, 0.5) is 0 Å². The Morgan fingerprint density at radius 1 is 1.31 bits per heavy atom. The van der Waals surface area contributed by atoms with Gasteiger partial charge in [0.05, 0.1) is 30.8 Å². The number of aliphatic hydroxyl groups is 1. The third-order valence-corrected chi connectivity index (χ3v) is 8.61. The number of cyclic esters (lactones) is 1. The topological polar surface area (TPSA) is 77.5 Å². The molecule has 0 unspecified atom stereocenters. The van der Waals surface area contributed by atoms with Gasteiger partial charge in [-0.2, -0.15) is 0 Å². The molecule has 6 rings (SSSR count). The molecule has 4 heterocycles. The smallest absolute Gasteiger partial charge is 0.331 e. The van der Waals surface area contributed by atoms with Gasteiger partial charge in [0, 0.05) is 17.1 Å². The van der Waals surface area contributed by atoms with Crippen LogP contribution in [-0.4, -0.2) is 55.0 Å². The number of ether oxygens (including phenoxy) is 4. The molecule has 6 aliphatic rings. The summed E-state index contributed by atoms with van der Waals surface area (Å²) in [4.78, 5) is 11.5. The normalized spacial score (nSPS) is 57.4. The number of carbonyl (C=O) groups excluding carboxylic acids is 1. The van der Waals surface area contributed by atoms with Crippen LogP contribution in [0.15, 0.2) is 11.6 Å². The van der Waals surface area contributed by atoms with Crippen LogP contribution in [0.2, 0.25) is 0 Å². The number of epoxide rings is 1. The Kier molecular flexibility index (Phi) is 3.03. The number of rotatable bonds is 1. The fourth-order valence-corrected chi connectivity index (χ4v) is 7.30. The van der Waals surface area contributed by atoms with E-state index in [1.54, 1.807) is 6.08 Å². The molecule has 3 saturated heterocycles. The molecule has 1 N–H and O–H groups in total. The fraction of sp³-hybridized carbons (Fsp3) is 0.850. The molecular formula is C20H26O6. The highest BCUT2D eigenvalue weighted by atomic mass is 16.7. The first-order valence-corrected chi connectivity index (χ1v) is 9.98. The van der Waals surface area contributed by atoms with Crippen LogP contribution in [0, 0.1) is 22.7 Å². The molecule has 6 heteroatoms. The van der Waals surface area contributed by atoms with E-state index in [4.69, 9.17) is 18.9 Å². The monoisotopic (exact) mass is 362 g/mol. The summed E-state index contributed by atoms with van der Waals surface area (Å²) in [5.74, 6) is 0.368. The molecule has 0 aromatic carbocycles. The third kappa shape index (κ3) is 1.66. The highest BCUT2D eigenvalue weighted by Crippen LogP contribution is 2.73. The van der Waals surface area contributed by atoms with Gasteiger partial charge < -0.3 is 24.1 Å². The van der Waals surface area contributed by atoms with Crippen LogP contribution in [0.5, 0.6) is 0 Å². The van der Waals surface area contributed by atoms with Crippen molar-refractivity contribution >= 4 is 5.97 Å². The maximum absolute atomic E-state index is 11.5. The highest BCUT2D eigenvalue weighted by molar-refractivity contribution is 5.85. The molecule has 2 aliphatic carbocycles. The summed E-state index contributed by atoms with van der Waals surface area (Å²) in [6, 6.07) is 0. The molecule has 5 fully saturated rings. The first kappa shape index (κ1) is 16.0. The lowest BCUT2D eigenvalue weighted by atomic mass is 9.41. The van der Waals surface area contributed by atoms with Gasteiger partial charge in [0.25, 0.3) is 0 Å². The van der Waals surface area contributed by atoms with Gasteiger partial charge in [0.15, 0.2) is 6.29 Å². The van der Waals surface area contributed by atoms with Crippen molar-refractivity contribution in [2.75, 3.05) is 19.8 Å². The summed E-state index contributed by atoms with van der Waals surface area (Å²) in [5, 5.41) is 11.2. The Bertz CT molecular complexity index is 698. The Morgan fingerprint density at radius 3 is 2.88 bits per heavy atom. The first-order valence-electron chi connectivity index (χ1n) is 9.98. The minimum atomic E-state index is -0.383. The Labute approximate surface area is 152 Å². The van der Waals surface area contributed by atoms with E-state index < -0.39 is 0 Å². The van der Waals surface area contributed by atoms with E-state index in [1.807, 2.05) is 0 Å². The molecular weight excluding hydrogens is 336 g/mol. The average Bonchev–Trinajstić information content (AvgIpc) is 3.09. The highest BCUT2D eigenvalue weighted by Gasteiger charge is 2.79. The van der Waals surface area contributed by atoms with Gasteiger partial charge in [-0.3, -0.25) is 0 Å². The second kappa shape index (κ2) is 4.90. The lowest BCUT2D eigenvalue weighted by Crippen LogP contribution is -2.71. The van der Waals surface area contributed by atoms with Crippen LogP contribution in [0.25, 0.3) is 0 Å². The molecule has 0 amide bonds. The lowest BCUT2D eigenvalue weighted by molar-refractivity contribution is -0.330. The van der Waals surface area contributed by atoms with Crippen molar-refractivity contribution < 1.29 is 28.8 Å². The van der Waals surface area contributed by atoms with Crippen molar-refractivity contribution in [3.8, 4) is 0 Å². The Balaban J connectivity index is 1.44. The fourth-order valence-electron chi connectivity index (χ4n) is 7.30. The van der Waals surface area contributed by atoms with Gasteiger partial charge in [-0.15, -0.1) is 0 Å². The van der Waals surface area contributed by atoms with Crippen LogP contribution >= 0.6 is 0 Å². The number of hydrogen-bond acceptors (Lipinski definition) is 6. The Morgan fingerprint density at radius 2 is 2.15 bits per heavy atom. The molecule has 0 radical (unpaired) electrons. The second-order valence-electron chi connectivity index (χ2n) is 9.33. The summed E-state index contributed by atoms with van der Waals surface area (Å²) < 4.78 is 23.8. The SMILES string of the molecule is C[C@@H]1C[C@H](O)[C@]23CO[C@H]4O[C@H](C5=CC(=O)OC5)C[C@]41[C@H]2CCC[C@]31CO1. The van der Waals surface area contributed by atoms with Crippen molar-refractivity contribution in [2.45, 2.75) is 63.1 Å². The van der Waals surface area contributed by atoms with Crippen molar-refractivity contribution in [3.63, 3.8) is 0 Å². The summed E-state index contributed by atoms with van der Waals surface area (Å²) in [6.45, 7) is 3.82. The van der Waals surface area contributed by atoms with Crippen LogP contribution in [0.1, 0.15) is 39.0 Å². The van der Waals surface area contributed by atoms with Gasteiger partial charge >= 0.3 is 5.97 Å². The van der Waals surface area contributed by atoms with Gasteiger partial charge in [-0.05, 0) is 37.5 Å². The van der Waals surface area contributed by atoms with Gasteiger partial charge in [0.1, 0.15) is 12.2 Å². The Hall–Kier alpha value is -0.950. The molecule has 26 heavy (non-hydrogen) atoms. The molecule has 2 bridgehead atoms. The minimum absolute atomic E-state index is 0.117. The molecule has 6 nitrogen and oxygen atoms in total. The van der Waals surface area contributed by atoms with Crippen molar-refractivity contribution in [1.82, 2.24) is 0 Å². The predicted molar refractivity (Wildman–Crippen MR) is 88.9 cm³/mol. The van der Waals surface area contributed by atoms with Gasteiger partial charge in [0.2, 0.25) is 0 Å². The molecule has 0 aromatic heterocycles. The second-order valence-corrected chi connectivity index (χ2v) is 9.33. The van der Waals surface area contributed by atoms with Crippen LogP contribution in [0.3, 0.4) is 0 Å². The molecule has 8 atom stereocenters. The zero-order chi connectivity index (χ0) is 17.7. The van der Waals surface area contributed by atoms with E-state index >= 15 is 0 Å². The number of hydrogen-bond donors (Lipinski definition) is 1. The lowest BCUT2D eigenvalue weighted by Gasteiger charge is -2.66. The standard InChI is InChI=1S/C20H26O6/c1-11-5-15(21)20-10-24-17-19(11,14(20)3-2-4-18(20)9-25-18)7-13(26-17)12-6-16(22)23-8-12/h6,11,13-15,17,21H,2-5,7-10H2,1H3/t11-,13+,14-,15+,17+,18+,19+,20+/m1/s1. The van der Waals surface area contributed by atoms with Crippen LogP contribution < -0.4 is 0 Å². The van der Waals surface area contributed by atoms with E-state index in [1.165, 1.54) is 0 Å². The number of carbonyl (C=O) groups is 1. The predicted octanol–water partition coefficient (Wildman–Crippen LogP) is 1.56. The van der Waals surface area contributed by atoms with Gasteiger partial charge in [-0.1, -0.05) is 13.3 Å². The summed E-state index contributed by atoms with van der Waals surface area (Å²) in [6.07, 6.45) is 5.68. The molecule has 2 spiro atoms. The van der Waals surface area contributed by atoms with E-state index in [-0.39, 0.29) is 40.9 Å². The maximum atomic E-state index is 11.5. The maximum Gasteiger partial charge on any atom is 0.331 e. The van der Waals surface area contributed by atoms with Crippen LogP contribution in [-0.2, 0) is 23.7 Å². The zero-order valence-electron chi connectivity index (χ0n) is 15.1. The summed E-state index contributed by atoms with van der Waals surface area (Å²) in [7, 11) is 0. The van der Waals surface area contributed by atoms with E-state index in [2.05, 4.69) is 6.92 Å². The van der Waals surface area contributed by atoms with E-state index in [9.17, 15) is 9.90 Å². The van der Waals surface area contributed by atoms with Gasteiger partial charge in [-0.25, -0.2) is 4.79 Å². The molecule has 4 aliphatic heterocycles. The number of aliphatic hydroxyl groups excluding tert-OH is 1. The van der Waals surface area contributed by atoms with Crippen molar-refractivity contribution in [2.24, 2.45) is 22.7 Å². The number of esters is 1.